The number of methoxy groups -OCH3 is 1. The van der Waals surface area contributed by atoms with Crippen molar-refractivity contribution in [3.63, 3.8) is 0 Å². The summed E-state index contributed by atoms with van der Waals surface area (Å²) in [5.41, 5.74) is 1.29. The Hall–Kier alpha value is -2.46. The third-order valence-electron chi connectivity index (χ3n) is 4.48. The molecule has 124 valence electrons. The summed E-state index contributed by atoms with van der Waals surface area (Å²) in [6.07, 6.45) is 2.21. The van der Waals surface area contributed by atoms with E-state index in [4.69, 9.17) is 4.74 Å². The second kappa shape index (κ2) is 6.97. The highest BCUT2D eigenvalue weighted by Crippen LogP contribution is 2.31. The zero-order chi connectivity index (χ0) is 17.0. The van der Waals surface area contributed by atoms with Crippen molar-refractivity contribution in [1.29, 1.82) is 0 Å². The Labute approximate surface area is 142 Å². The molecule has 24 heavy (non-hydrogen) atoms. The first-order chi connectivity index (χ1) is 11.7. The van der Waals surface area contributed by atoms with Crippen LogP contribution in [-0.2, 0) is 16.0 Å². The molecule has 0 spiro atoms. The van der Waals surface area contributed by atoms with Gasteiger partial charge in [-0.2, -0.15) is 0 Å². The lowest BCUT2D eigenvalue weighted by molar-refractivity contribution is -0.134. The quantitative estimate of drug-likeness (QED) is 0.819. The molecule has 2 aromatic carbocycles. The van der Waals surface area contributed by atoms with Crippen LogP contribution in [0.2, 0.25) is 0 Å². The van der Waals surface area contributed by atoms with E-state index in [1.165, 1.54) is 0 Å². The standard InChI is InChI=1S/C20H22N2O2/c1-16(18-11-7-4-8-12-18)22-15-21-20(14-24-2,19(22)23)13-17-9-5-3-6-10-17/h3-12,15-16H,13-14H2,1-2H3. The largest absolute Gasteiger partial charge is 0.382 e. The van der Waals surface area contributed by atoms with E-state index in [9.17, 15) is 4.79 Å². The lowest BCUT2D eigenvalue weighted by atomic mass is 9.91. The highest BCUT2D eigenvalue weighted by molar-refractivity contribution is 6.00. The molecule has 2 aromatic rings. The van der Waals surface area contributed by atoms with Crippen LogP contribution in [0.15, 0.2) is 65.7 Å². The predicted octanol–water partition coefficient (Wildman–Crippen LogP) is 3.25. The first-order valence-corrected chi connectivity index (χ1v) is 8.12. The van der Waals surface area contributed by atoms with Crippen LogP contribution in [0.3, 0.4) is 0 Å². The van der Waals surface area contributed by atoms with E-state index in [1.807, 2.05) is 67.6 Å². The number of nitrogens with zero attached hydrogens (tertiary/aromatic N) is 2. The van der Waals surface area contributed by atoms with Gasteiger partial charge >= 0.3 is 0 Å². The van der Waals surface area contributed by atoms with Crippen molar-refractivity contribution in [3.05, 3.63) is 71.8 Å². The molecule has 2 unspecified atom stereocenters. The van der Waals surface area contributed by atoms with Crippen molar-refractivity contribution in [1.82, 2.24) is 4.90 Å². The van der Waals surface area contributed by atoms with Gasteiger partial charge in [-0.3, -0.25) is 14.7 Å². The number of hydrogen-bond acceptors (Lipinski definition) is 3. The smallest absolute Gasteiger partial charge is 0.258 e. The monoisotopic (exact) mass is 322 g/mol. The van der Waals surface area contributed by atoms with Crippen LogP contribution >= 0.6 is 0 Å². The van der Waals surface area contributed by atoms with Gasteiger partial charge in [-0.1, -0.05) is 60.7 Å². The van der Waals surface area contributed by atoms with Crippen molar-refractivity contribution < 1.29 is 9.53 Å². The van der Waals surface area contributed by atoms with Crippen LogP contribution in [0.5, 0.6) is 0 Å². The maximum Gasteiger partial charge on any atom is 0.258 e. The van der Waals surface area contributed by atoms with Gasteiger partial charge in [0.25, 0.3) is 5.91 Å². The summed E-state index contributed by atoms with van der Waals surface area (Å²) in [7, 11) is 1.61. The highest BCUT2D eigenvalue weighted by atomic mass is 16.5. The average Bonchev–Trinajstić information content (AvgIpc) is 2.93. The van der Waals surface area contributed by atoms with Crippen molar-refractivity contribution in [2.45, 2.75) is 24.9 Å². The van der Waals surface area contributed by atoms with Gasteiger partial charge < -0.3 is 4.74 Å². The summed E-state index contributed by atoms with van der Waals surface area (Å²) in [5.74, 6) is -0.00967. The van der Waals surface area contributed by atoms with E-state index in [0.29, 0.717) is 6.42 Å². The van der Waals surface area contributed by atoms with Crippen LogP contribution in [0, 0.1) is 0 Å². The van der Waals surface area contributed by atoms with E-state index in [1.54, 1.807) is 18.3 Å². The fraction of sp³-hybridized carbons (Fsp3) is 0.300. The molecule has 0 saturated heterocycles. The summed E-state index contributed by atoms with van der Waals surface area (Å²) in [5, 5.41) is 0. The van der Waals surface area contributed by atoms with Gasteiger partial charge in [0.2, 0.25) is 0 Å². The molecule has 0 saturated carbocycles. The first kappa shape index (κ1) is 16.4. The van der Waals surface area contributed by atoms with Crippen LogP contribution in [0.4, 0.5) is 0 Å². The Morgan fingerprint density at radius 1 is 1.08 bits per heavy atom. The normalized spacial score (nSPS) is 21.2. The average molecular weight is 322 g/mol. The van der Waals surface area contributed by atoms with Crippen LogP contribution in [0.25, 0.3) is 0 Å². The Morgan fingerprint density at radius 2 is 1.71 bits per heavy atom. The summed E-state index contributed by atoms with van der Waals surface area (Å²) >= 11 is 0. The van der Waals surface area contributed by atoms with Crippen LogP contribution in [-0.4, -0.2) is 36.4 Å². The highest BCUT2D eigenvalue weighted by Gasteiger charge is 2.46. The molecule has 4 heteroatoms. The minimum atomic E-state index is -0.876. The molecule has 0 radical (unpaired) electrons. The summed E-state index contributed by atoms with van der Waals surface area (Å²) in [6, 6.07) is 19.9. The van der Waals surface area contributed by atoms with Gasteiger partial charge in [0, 0.05) is 13.5 Å². The van der Waals surface area contributed by atoms with E-state index in [-0.39, 0.29) is 18.6 Å². The summed E-state index contributed by atoms with van der Waals surface area (Å²) in [6.45, 7) is 2.29. The molecule has 0 N–H and O–H groups in total. The number of ether oxygens (including phenoxy) is 1. The zero-order valence-corrected chi connectivity index (χ0v) is 14.1. The van der Waals surface area contributed by atoms with Gasteiger partial charge in [0.15, 0.2) is 5.54 Å². The van der Waals surface area contributed by atoms with Gasteiger partial charge in [-0.05, 0) is 18.1 Å². The molecule has 0 fully saturated rings. The summed E-state index contributed by atoms with van der Waals surface area (Å²) < 4.78 is 5.34. The van der Waals surface area contributed by atoms with Crippen LogP contribution in [0.1, 0.15) is 24.1 Å². The Bertz CT molecular complexity index is 715. The Balaban J connectivity index is 1.85. The Kier molecular flexibility index (Phi) is 4.76. The topological polar surface area (TPSA) is 41.9 Å². The van der Waals surface area contributed by atoms with E-state index in [0.717, 1.165) is 11.1 Å². The molecule has 2 atom stereocenters. The van der Waals surface area contributed by atoms with Gasteiger partial charge in [-0.15, -0.1) is 0 Å². The van der Waals surface area contributed by atoms with Crippen molar-refractivity contribution >= 4 is 12.2 Å². The maximum absolute atomic E-state index is 13.2. The van der Waals surface area contributed by atoms with Crippen LogP contribution < -0.4 is 0 Å². The molecule has 0 aromatic heterocycles. The number of amides is 1. The van der Waals surface area contributed by atoms with Gasteiger partial charge in [0.1, 0.15) is 0 Å². The molecule has 1 aliphatic heterocycles. The minimum absolute atomic E-state index is 0.00967. The fourth-order valence-corrected chi connectivity index (χ4v) is 3.13. The van der Waals surface area contributed by atoms with Crippen molar-refractivity contribution in [3.8, 4) is 0 Å². The van der Waals surface area contributed by atoms with Crippen molar-refractivity contribution in [2.24, 2.45) is 4.99 Å². The molecule has 0 bridgehead atoms. The predicted molar refractivity (Wildman–Crippen MR) is 94.9 cm³/mol. The zero-order valence-electron chi connectivity index (χ0n) is 14.1. The second-order valence-corrected chi connectivity index (χ2v) is 6.17. The number of hydrogen-bond donors (Lipinski definition) is 0. The Morgan fingerprint density at radius 3 is 2.33 bits per heavy atom. The van der Waals surface area contributed by atoms with Crippen molar-refractivity contribution in [2.75, 3.05) is 13.7 Å². The minimum Gasteiger partial charge on any atom is -0.382 e. The number of carbonyl (C=O) groups is 1. The molecular weight excluding hydrogens is 300 g/mol. The maximum atomic E-state index is 13.2. The lowest BCUT2D eigenvalue weighted by Crippen LogP contribution is -2.47. The molecule has 1 heterocycles. The molecule has 4 nitrogen and oxygen atoms in total. The SMILES string of the molecule is COCC1(Cc2ccccc2)N=CN(C(C)c2ccccc2)C1=O. The molecule has 1 aliphatic rings. The number of benzene rings is 2. The number of rotatable bonds is 6. The fourth-order valence-electron chi connectivity index (χ4n) is 3.13. The third-order valence-corrected chi connectivity index (χ3v) is 4.48. The molecule has 3 rings (SSSR count). The first-order valence-electron chi connectivity index (χ1n) is 8.12. The lowest BCUT2D eigenvalue weighted by Gasteiger charge is -2.28. The number of carbonyl (C=O) groups excluding carboxylic acids is 1. The molecule has 0 aliphatic carbocycles. The van der Waals surface area contributed by atoms with Gasteiger partial charge in [-0.25, -0.2) is 0 Å². The molecular formula is C20H22N2O2. The number of aliphatic imine (C=N–C) groups is 1. The third kappa shape index (κ3) is 3.10. The van der Waals surface area contributed by atoms with E-state index in [2.05, 4.69) is 4.99 Å². The summed E-state index contributed by atoms with van der Waals surface area (Å²) in [4.78, 5) is 19.5. The van der Waals surface area contributed by atoms with E-state index >= 15 is 0 Å². The molecule has 1 amide bonds. The second-order valence-electron chi connectivity index (χ2n) is 6.17. The van der Waals surface area contributed by atoms with E-state index < -0.39 is 5.54 Å². The van der Waals surface area contributed by atoms with Gasteiger partial charge in [0.05, 0.1) is 19.0 Å².